The molecule has 2 N–H and O–H groups in total. The Balaban J connectivity index is -0.000000270. The van der Waals surface area contributed by atoms with Gasteiger partial charge in [-0.2, -0.15) is 0 Å². The van der Waals surface area contributed by atoms with Crippen LogP contribution >= 0.6 is 0 Å². The Labute approximate surface area is 90.9 Å². The minimum absolute atomic E-state index is 0. The number of aliphatic carboxylic acids is 1. The predicted octanol–water partition coefficient (Wildman–Crippen LogP) is -0.806. The normalized spacial score (nSPS) is 23.2. The monoisotopic (exact) mass is 171 g/mol. The Hall–Kier alpha value is 0.200. The quantitative estimate of drug-likeness (QED) is 0.507. The molecule has 1 atom stereocenters. The zero-order valence-electron chi connectivity index (χ0n) is 7.46. The molecule has 0 bridgehead atoms. The molecule has 1 amide bonds. The molecule has 1 aliphatic rings. The summed E-state index contributed by atoms with van der Waals surface area (Å²) < 4.78 is 0. The van der Waals surface area contributed by atoms with Crippen molar-refractivity contribution in [1.29, 1.82) is 0 Å². The van der Waals surface area contributed by atoms with Crippen molar-refractivity contribution in [2.45, 2.75) is 18.9 Å². The summed E-state index contributed by atoms with van der Waals surface area (Å²) >= 11 is 0. The van der Waals surface area contributed by atoms with Crippen LogP contribution in [-0.2, 0) is 9.59 Å². The summed E-state index contributed by atoms with van der Waals surface area (Å²) in [6, 6.07) is -0.641. The minimum Gasteiger partial charge on any atom is -1.00 e. The van der Waals surface area contributed by atoms with Crippen molar-refractivity contribution in [3.8, 4) is 0 Å². The molecule has 0 aromatic heterocycles. The zero-order valence-corrected chi connectivity index (χ0v) is 7.67. The summed E-state index contributed by atoms with van der Waals surface area (Å²) in [6.07, 6.45) is 0.769. The van der Waals surface area contributed by atoms with E-state index in [1.807, 2.05) is 0 Å². The van der Waals surface area contributed by atoms with Gasteiger partial charge in [0.25, 0.3) is 0 Å². The molecule has 1 unspecified atom stereocenters. The molecule has 0 aromatic rings. The van der Waals surface area contributed by atoms with Crippen LogP contribution in [0, 0.1) is 0 Å². The topological polar surface area (TPSA) is 66.4 Å². The number of carboxylic acids is 1. The van der Waals surface area contributed by atoms with E-state index in [-0.39, 0.29) is 46.5 Å². The smallest absolute Gasteiger partial charge is 1.00 e. The summed E-state index contributed by atoms with van der Waals surface area (Å²) in [6.45, 7) is 0. The van der Waals surface area contributed by atoms with Gasteiger partial charge in [-0.1, -0.05) is 0 Å². The number of rotatable bonds is 1. The van der Waals surface area contributed by atoms with Crippen LogP contribution in [0.25, 0.3) is 0 Å². The fourth-order valence-corrected chi connectivity index (χ4v) is 0.799. The van der Waals surface area contributed by atoms with Crippen LogP contribution in [-0.4, -0.2) is 60.8 Å². The van der Waals surface area contributed by atoms with Crippen LogP contribution < -0.4 is 5.32 Å². The van der Waals surface area contributed by atoms with E-state index >= 15 is 0 Å². The van der Waals surface area contributed by atoms with Crippen molar-refractivity contribution in [2.75, 3.05) is 0 Å². The second kappa shape index (κ2) is 4.16. The molecule has 1 rings (SSSR count). The standard InChI is InChI=1S/C5H7NO3.Ca.2H/c7-4-2-1-3(6-4)5(8)9;;;/h3H,1-2H2,(H,6,7)(H,8,9);;;/q;+2;2*-1. The fraction of sp³-hybridized carbons (Fsp3) is 0.600. The summed E-state index contributed by atoms with van der Waals surface area (Å²) in [5, 5.41) is 10.6. The van der Waals surface area contributed by atoms with Crippen LogP contribution in [0.15, 0.2) is 0 Å². The summed E-state index contributed by atoms with van der Waals surface area (Å²) in [5.74, 6) is -1.11. The van der Waals surface area contributed by atoms with E-state index in [1.54, 1.807) is 0 Å². The number of carboxylic acid groups (broad SMARTS) is 1. The van der Waals surface area contributed by atoms with E-state index in [2.05, 4.69) is 5.32 Å². The van der Waals surface area contributed by atoms with Gasteiger partial charge in [-0.3, -0.25) is 4.79 Å². The Morgan fingerprint density at radius 2 is 2.40 bits per heavy atom. The Kier molecular flexibility index (Phi) is 4.24. The molecule has 10 heavy (non-hydrogen) atoms. The summed E-state index contributed by atoms with van der Waals surface area (Å²) in [4.78, 5) is 20.5. The van der Waals surface area contributed by atoms with Crippen LogP contribution in [0.1, 0.15) is 15.7 Å². The van der Waals surface area contributed by atoms with Gasteiger partial charge in [-0.05, 0) is 6.42 Å². The molecular formula is C5H9CaNO3. The van der Waals surface area contributed by atoms with Gasteiger partial charge >= 0.3 is 43.7 Å². The molecule has 0 aliphatic carbocycles. The van der Waals surface area contributed by atoms with E-state index < -0.39 is 12.0 Å². The van der Waals surface area contributed by atoms with Gasteiger partial charge in [-0.15, -0.1) is 0 Å². The first-order valence-electron chi connectivity index (χ1n) is 2.72. The number of carbonyl (C=O) groups excluding carboxylic acids is 1. The Bertz CT molecular complexity index is 167. The second-order valence-electron chi connectivity index (χ2n) is 2.00. The van der Waals surface area contributed by atoms with Crippen molar-refractivity contribution in [2.24, 2.45) is 0 Å². The fourth-order valence-electron chi connectivity index (χ4n) is 0.799. The summed E-state index contributed by atoms with van der Waals surface area (Å²) in [5.41, 5.74) is 0. The van der Waals surface area contributed by atoms with E-state index in [0.29, 0.717) is 12.8 Å². The van der Waals surface area contributed by atoms with Gasteiger partial charge in [0.05, 0.1) is 0 Å². The van der Waals surface area contributed by atoms with Crippen LogP contribution in [0.4, 0.5) is 0 Å². The van der Waals surface area contributed by atoms with Crippen molar-refractivity contribution in [1.82, 2.24) is 5.32 Å². The van der Waals surface area contributed by atoms with E-state index in [9.17, 15) is 9.59 Å². The maximum absolute atomic E-state index is 10.4. The van der Waals surface area contributed by atoms with Gasteiger partial charge in [-0.25, -0.2) is 4.79 Å². The second-order valence-corrected chi connectivity index (χ2v) is 2.00. The van der Waals surface area contributed by atoms with Gasteiger partial charge < -0.3 is 13.3 Å². The van der Waals surface area contributed by atoms with Gasteiger partial charge in [0.15, 0.2) is 0 Å². The van der Waals surface area contributed by atoms with Crippen LogP contribution in [0.3, 0.4) is 0 Å². The maximum atomic E-state index is 10.4. The Morgan fingerprint density at radius 1 is 1.80 bits per heavy atom. The van der Waals surface area contributed by atoms with Gasteiger partial charge in [0, 0.05) is 6.42 Å². The molecule has 1 aliphatic heterocycles. The van der Waals surface area contributed by atoms with Crippen molar-refractivity contribution >= 4 is 49.6 Å². The average molecular weight is 171 g/mol. The third kappa shape index (κ3) is 2.44. The molecule has 0 radical (unpaired) electrons. The first-order chi connectivity index (χ1) is 4.20. The third-order valence-electron chi connectivity index (χ3n) is 1.29. The molecule has 4 nitrogen and oxygen atoms in total. The van der Waals surface area contributed by atoms with Crippen LogP contribution in [0.2, 0.25) is 0 Å². The van der Waals surface area contributed by atoms with E-state index in [4.69, 9.17) is 5.11 Å². The van der Waals surface area contributed by atoms with E-state index in [1.165, 1.54) is 0 Å². The average Bonchev–Trinajstić information content (AvgIpc) is 2.14. The van der Waals surface area contributed by atoms with Gasteiger partial charge in [0.1, 0.15) is 6.04 Å². The van der Waals surface area contributed by atoms with Gasteiger partial charge in [0.2, 0.25) is 5.91 Å². The maximum Gasteiger partial charge on any atom is 2.00 e. The number of amides is 1. The number of hydrogen-bond acceptors (Lipinski definition) is 2. The third-order valence-corrected chi connectivity index (χ3v) is 1.29. The summed E-state index contributed by atoms with van der Waals surface area (Å²) in [7, 11) is 0. The van der Waals surface area contributed by atoms with Crippen molar-refractivity contribution < 1.29 is 17.5 Å². The molecule has 0 aromatic carbocycles. The number of hydrogen-bond donors (Lipinski definition) is 2. The molecule has 1 saturated heterocycles. The SMILES string of the molecule is O=C1CCC(C(=O)O)N1.[Ca+2].[H-].[H-]. The molecule has 0 saturated carbocycles. The number of nitrogens with one attached hydrogen (secondary N) is 1. The first-order valence-corrected chi connectivity index (χ1v) is 2.72. The van der Waals surface area contributed by atoms with Crippen molar-refractivity contribution in [3.05, 3.63) is 0 Å². The molecule has 1 heterocycles. The largest absolute Gasteiger partial charge is 2.00 e. The molecule has 0 spiro atoms. The zero-order chi connectivity index (χ0) is 6.85. The molecule has 54 valence electrons. The number of carbonyl (C=O) groups is 2. The minimum atomic E-state index is -0.944. The first kappa shape index (κ1) is 10.2. The molecule has 5 heteroatoms. The molecule has 1 fully saturated rings. The molecular weight excluding hydrogens is 162 g/mol. The Morgan fingerprint density at radius 3 is 2.60 bits per heavy atom. The van der Waals surface area contributed by atoms with Crippen molar-refractivity contribution in [3.63, 3.8) is 0 Å². The predicted molar refractivity (Wildman–Crippen MR) is 36.8 cm³/mol. The van der Waals surface area contributed by atoms with Crippen LogP contribution in [0.5, 0.6) is 0 Å². The van der Waals surface area contributed by atoms with E-state index in [0.717, 1.165) is 0 Å².